The molecule has 0 aliphatic carbocycles. The topological polar surface area (TPSA) is 73.8 Å². The van der Waals surface area contributed by atoms with E-state index in [1.165, 1.54) is 12.6 Å². The van der Waals surface area contributed by atoms with Crippen molar-refractivity contribution in [3.63, 3.8) is 0 Å². The Balaban J connectivity index is 1.91. The Morgan fingerprint density at radius 2 is 1.47 bits per heavy atom. The van der Waals surface area contributed by atoms with Gasteiger partial charge in [0.05, 0.1) is 10.6 Å². The molecule has 8 heteroatoms. The molecular weight excluding hydrogens is 605 g/mol. The monoisotopic (exact) mass is 654 g/mol. The lowest BCUT2D eigenvalue weighted by Gasteiger charge is -2.34. The van der Waals surface area contributed by atoms with Crippen molar-refractivity contribution in [3.05, 3.63) is 86.3 Å². The normalized spacial score (nSPS) is 14.8. The van der Waals surface area contributed by atoms with Crippen molar-refractivity contribution in [2.45, 2.75) is 93.4 Å². The smallest absolute Gasteiger partial charge is 0.280 e. The first-order valence-corrected chi connectivity index (χ1v) is 17.5. The van der Waals surface area contributed by atoms with E-state index in [4.69, 9.17) is 4.98 Å². The highest BCUT2D eigenvalue weighted by Gasteiger charge is 2.38. The number of anilines is 1. The molecule has 47 heavy (non-hydrogen) atoms. The predicted octanol–water partition coefficient (Wildman–Crippen LogP) is 8.91. The van der Waals surface area contributed by atoms with Gasteiger partial charge in [-0.1, -0.05) is 89.1 Å². The molecule has 0 atom stereocenters. The van der Waals surface area contributed by atoms with Gasteiger partial charge < -0.3 is 4.90 Å². The molecule has 2 aromatic carbocycles. The number of unbranched alkanes of at least 4 members (excludes halogenated alkanes) is 2. The van der Waals surface area contributed by atoms with Gasteiger partial charge in [0.25, 0.3) is 17.7 Å². The third-order valence-corrected chi connectivity index (χ3v) is 9.97. The molecule has 1 aromatic heterocycles. The molecule has 3 amide bonds. The number of nitrogens with zero attached hydrogens (tertiary/aromatic N) is 4. The van der Waals surface area contributed by atoms with Gasteiger partial charge in [0, 0.05) is 42.4 Å². The summed E-state index contributed by atoms with van der Waals surface area (Å²) in [4.78, 5) is 49.6. The van der Waals surface area contributed by atoms with Crippen LogP contribution in [0.15, 0.2) is 59.2 Å². The summed E-state index contributed by atoms with van der Waals surface area (Å²) in [5.74, 6) is -1.47. The number of thiazole rings is 1. The zero-order valence-electron chi connectivity index (χ0n) is 29.8. The van der Waals surface area contributed by atoms with Crippen molar-refractivity contribution in [2.75, 3.05) is 25.0 Å². The molecule has 0 fully saturated rings. The first kappa shape index (κ1) is 35.8. The average Bonchev–Trinajstić information content (AvgIpc) is 3.44. The number of hydrogen-bond acceptors (Lipinski definition) is 6. The van der Waals surface area contributed by atoms with E-state index in [9.17, 15) is 14.4 Å². The Bertz CT molecular complexity index is 1680. The Morgan fingerprint density at radius 1 is 0.894 bits per heavy atom. The van der Waals surface area contributed by atoms with Crippen molar-refractivity contribution in [3.8, 4) is 11.3 Å². The zero-order valence-corrected chi connectivity index (χ0v) is 30.6. The number of carbonyl (C=O) groups is 3. The van der Waals surface area contributed by atoms with Gasteiger partial charge in [-0.25, -0.2) is 9.99 Å². The average molecular weight is 655 g/mol. The summed E-state index contributed by atoms with van der Waals surface area (Å²) in [6, 6.07) is 13.2. The summed E-state index contributed by atoms with van der Waals surface area (Å²) >= 11 is 1.58. The molecule has 0 spiro atoms. The van der Waals surface area contributed by atoms with E-state index >= 15 is 0 Å². The van der Waals surface area contributed by atoms with Gasteiger partial charge in [-0.2, -0.15) is 5.01 Å². The van der Waals surface area contributed by atoms with Gasteiger partial charge in [-0.3, -0.25) is 14.4 Å². The van der Waals surface area contributed by atoms with Crippen LogP contribution < -0.4 is 4.90 Å². The molecule has 0 bridgehead atoms. The molecule has 250 valence electrons. The minimum absolute atomic E-state index is 0.00362. The number of benzene rings is 2. The van der Waals surface area contributed by atoms with Gasteiger partial charge in [0.2, 0.25) is 0 Å². The summed E-state index contributed by atoms with van der Waals surface area (Å²) in [6.07, 6.45) is 6.17. The second-order valence-electron chi connectivity index (χ2n) is 13.6. The van der Waals surface area contributed by atoms with Crippen molar-refractivity contribution in [2.24, 2.45) is 0 Å². The second kappa shape index (κ2) is 14.8. The van der Waals surface area contributed by atoms with Gasteiger partial charge in [0.15, 0.2) is 5.13 Å². The van der Waals surface area contributed by atoms with E-state index in [0.29, 0.717) is 22.3 Å². The SMILES string of the molecule is CCCCN(CCCC)c1nc(-c2c(C)cc(C(C)(C)C)cc2C)c(/C=C2\C(=O)N(N(C)C(=O)c3ccccc3)C(=O)C(C)=C2C)s1. The van der Waals surface area contributed by atoms with Crippen LogP contribution in [0.2, 0.25) is 0 Å². The largest absolute Gasteiger partial charge is 0.348 e. The number of hydrazine groups is 1. The lowest BCUT2D eigenvalue weighted by atomic mass is 9.83. The summed E-state index contributed by atoms with van der Waals surface area (Å²) in [5, 5.41) is 3.02. The number of aryl methyl sites for hydroxylation is 2. The van der Waals surface area contributed by atoms with Gasteiger partial charge >= 0.3 is 0 Å². The summed E-state index contributed by atoms with van der Waals surface area (Å²) in [6.45, 7) is 20.6. The molecule has 0 saturated carbocycles. The van der Waals surface area contributed by atoms with Gasteiger partial charge in [-0.05, 0) is 86.4 Å². The second-order valence-corrected chi connectivity index (χ2v) is 14.6. The van der Waals surface area contributed by atoms with Crippen LogP contribution in [0.25, 0.3) is 17.3 Å². The van der Waals surface area contributed by atoms with Crippen LogP contribution in [0.4, 0.5) is 5.13 Å². The van der Waals surface area contributed by atoms with Gasteiger partial charge in [-0.15, -0.1) is 0 Å². The van der Waals surface area contributed by atoms with E-state index in [-0.39, 0.29) is 5.41 Å². The van der Waals surface area contributed by atoms with E-state index in [1.54, 1.807) is 49.4 Å². The highest BCUT2D eigenvalue weighted by Crippen LogP contribution is 2.41. The Hall–Kier alpha value is -4.04. The highest BCUT2D eigenvalue weighted by atomic mass is 32.1. The van der Waals surface area contributed by atoms with Crippen molar-refractivity contribution in [1.29, 1.82) is 0 Å². The molecule has 2 heterocycles. The Kier molecular flexibility index (Phi) is 11.3. The van der Waals surface area contributed by atoms with Gasteiger partial charge in [0.1, 0.15) is 0 Å². The molecule has 7 nitrogen and oxygen atoms in total. The fourth-order valence-corrected chi connectivity index (χ4v) is 6.89. The maximum absolute atomic E-state index is 14.2. The standard InChI is InChI=1S/C39H50N4O3S/c1-11-13-20-42(21-14-12-2)38-40-34(33-25(3)22-30(23-26(33)4)39(7,8)9)32(47-38)24-31-27(5)28(6)35(44)43(37(31)46)41(10)36(45)29-18-16-15-17-19-29/h15-19,22-24H,11-14,20-21H2,1-10H3/b31-24-. The molecule has 0 unspecified atom stereocenters. The highest BCUT2D eigenvalue weighted by molar-refractivity contribution is 7.17. The number of aromatic nitrogens is 1. The lowest BCUT2D eigenvalue weighted by Crippen LogP contribution is -2.53. The minimum Gasteiger partial charge on any atom is -0.348 e. The fourth-order valence-electron chi connectivity index (χ4n) is 5.82. The predicted molar refractivity (Wildman–Crippen MR) is 194 cm³/mol. The molecule has 1 aliphatic rings. The molecular formula is C39H50N4O3S. The minimum atomic E-state index is -0.531. The molecule has 0 radical (unpaired) electrons. The van der Waals surface area contributed by atoms with E-state index < -0.39 is 17.7 Å². The molecule has 0 saturated heterocycles. The van der Waals surface area contributed by atoms with E-state index in [0.717, 1.165) is 81.2 Å². The molecule has 4 rings (SSSR count). The zero-order chi connectivity index (χ0) is 34.6. The third-order valence-electron chi connectivity index (χ3n) is 8.90. The number of carbonyl (C=O) groups excluding carboxylic acids is 3. The van der Waals surface area contributed by atoms with Crippen LogP contribution in [-0.4, -0.2) is 52.9 Å². The Labute approximate surface area is 285 Å². The fraction of sp³-hybridized carbons (Fsp3) is 0.436. The van der Waals surface area contributed by atoms with Crippen LogP contribution in [0.3, 0.4) is 0 Å². The van der Waals surface area contributed by atoms with Crippen molar-refractivity contribution in [1.82, 2.24) is 15.0 Å². The summed E-state index contributed by atoms with van der Waals surface area (Å²) in [5.41, 5.74) is 7.20. The molecule has 1 aliphatic heterocycles. The number of hydrogen-bond donors (Lipinski definition) is 0. The van der Waals surface area contributed by atoms with Crippen molar-refractivity contribution < 1.29 is 14.4 Å². The Morgan fingerprint density at radius 3 is 2.00 bits per heavy atom. The maximum atomic E-state index is 14.2. The number of rotatable bonds is 11. The summed E-state index contributed by atoms with van der Waals surface area (Å²) in [7, 11) is 1.47. The van der Waals surface area contributed by atoms with Crippen LogP contribution in [0.1, 0.15) is 106 Å². The molecule has 3 aromatic rings. The molecule has 0 N–H and O–H groups in total. The van der Waals surface area contributed by atoms with Crippen LogP contribution >= 0.6 is 11.3 Å². The van der Waals surface area contributed by atoms with Crippen LogP contribution in [-0.2, 0) is 15.0 Å². The summed E-state index contributed by atoms with van der Waals surface area (Å²) < 4.78 is 0. The lowest BCUT2D eigenvalue weighted by molar-refractivity contribution is -0.153. The number of imide groups is 1. The third kappa shape index (κ3) is 7.59. The van der Waals surface area contributed by atoms with Crippen LogP contribution in [0, 0.1) is 13.8 Å². The number of amides is 3. The quantitative estimate of drug-likeness (QED) is 0.153. The van der Waals surface area contributed by atoms with Crippen LogP contribution in [0.5, 0.6) is 0 Å². The first-order chi connectivity index (χ1) is 22.2. The van der Waals surface area contributed by atoms with E-state index in [1.807, 2.05) is 12.1 Å². The maximum Gasteiger partial charge on any atom is 0.280 e. The van der Waals surface area contributed by atoms with Crippen molar-refractivity contribution >= 4 is 40.3 Å². The first-order valence-electron chi connectivity index (χ1n) is 16.7. The van der Waals surface area contributed by atoms with E-state index in [2.05, 4.69) is 65.5 Å².